The first-order chi connectivity index (χ1) is 9.85. The summed E-state index contributed by atoms with van der Waals surface area (Å²) in [7, 11) is 0. The van der Waals surface area contributed by atoms with Crippen LogP contribution in [-0.4, -0.2) is 16.0 Å². The van der Waals surface area contributed by atoms with E-state index in [1.165, 1.54) is 6.07 Å². The van der Waals surface area contributed by atoms with Crippen LogP contribution in [0.1, 0.15) is 38.2 Å². The minimum atomic E-state index is -0.810. The number of halogens is 1. The predicted octanol–water partition coefficient (Wildman–Crippen LogP) is 4.18. The zero-order chi connectivity index (χ0) is 15.6. The predicted molar refractivity (Wildman–Crippen MR) is 82.2 cm³/mol. The van der Waals surface area contributed by atoms with Crippen LogP contribution in [0.2, 0.25) is 0 Å². The Morgan fingerprint density at radius 3 is 2.86 bits per heavy atom. The molecule has 1 fully saturated rings. The summed E-state index contributed by atoms with van der Waals surface area (Å²) in [6, 6.07) is 4.80. The monoisotopic (exact) mass is 355 g/mol. The summed E-state index contributed by atoms with van der Waals surface area (Å²) in [5.41, 5.74) is -0.132. The lowest BCUT2D eigenvalue weighted by molar-refractivity contribution is -0.385. The maximum atomic E-state index is 11.8. The third-order valence-electron chi connectivity index (χ3n) is 4.33. The van der Waals surface area contributed by atoms with Gasteiger partial charge in [0.05, 0.1) is 14.8 Å². The molecule has 0 radical (unpaired) electrons. The third kappa shape index (κ3) is 3.26. The molecule has 2 atom stereocenters. The second kappa shape index (κ2) is 6.13. The number of rotatable bonds is 4. The van der Waals surface area contributed by atoms with Gasteiger partial charge in [0.25, 0.3) is 5.69 Å². The molecule has 5 nitrogen and oxygen atoms in total. The molecular formula is C15H18BrNO4. The standard InChI is InChI=1S/C15H18BrNO4/c1-10-4-3-7-15(8-10,14(18)19)9-11-5-2-6-12(13(11)16)17(20)21/h2,5-6,10H,3-4,7-9H2,1H3,(H,18,19). The fourth-order valence-electron chi connectivity index (χ4n) is 3.30. The molecule has 114 valence electrons. The van der Waals surface area contributed by atoms with Crippen molar-refractivity contribution in [1.82, 2.24) is 0 Å². The lowest BCUT2D eigenvalue weighted by Crippen LogP contribution is -2.38. The van der Waals surface area contributed by atoms with Gasteiger partial charge in [-0.1, -0.05) is 31.9 Å². The molecule has 1 aliphatic rings. The van der Waals surface area contributed by atoms with Gasteiger partial charge in [-0.3, -0.25) is 14.9 Å². The molecule has 2 rings (SSSR count). The highest BCUT2D eigenvalue weighted by atomic mass is 79.9. The maximum Gasteiger partial charge on any atom is 0.309 e. The normalized spacial score (nSPS) is 25.5. The smallest absolute Gasteiger partial charge is 0.309 e. The summed E-state index contributed by atoms with van der Waals surface area (Å²) in [5.74, 6) is -0.431. The first kappa shape index (κ1) is 15.9. The summed E-state index contributed by atoms with van der Waals surface area (Å²) in [6.45, 7) is 2.07. The van der Waals surface area contributed by atoms with E-state index in [-0.39, 0.29) is 5.69 Å². The number of nitrogens with zero attached hydrogens (tertiary/aromatic N) is 1. The molecule has 6 heteroatoms. The van der Waals surface area contributed by atoms with E-state index in [1.807, 2.05) is 0 Å². The van der Waals surface area contributed by atoms with Crippen LogP contribution in [0.25, 0.3) is 0 Å². The minimum absolute atomic E-state index is 0.0168. The van der Waals surface area contributed by atoms with E-state index < -0.39 is 16.3 Å². The molecule has 1 aliphatic carbocycles. The molecular weight excluding hydrogens is 338 g/mol. The molecule has 1 aromatic rings. The van der Waals surface area contributed by atoms with Gasteiger partial charge in [0.15, 0.2) is 0 Å². The van der Waals surface area contributed by atoms with E-state index in [1.54, 1.807) is 12.1 Å². The number of nitro groups is 1. The largest absolute Gasteiger partial charge is 0.481 e. The summed E-state index contributed by atoms with van der Waals surface area (Å²) in [6.07, 6.45) is 3.51. The quantitative estimate of drug-likeness (QED) is 0.648. The van der Waals surface area contributed by atoms with E-state index in [0.29, 0.717) is 35.2 Å². The Labute approximate surface area is 131 Å². The number of hydrogen-bond acceptors (Lipinski definition) is 3. The first-order valence-corrected chi connectivity index (χ1v) is 7.80. The van der Waals surface area contributed by atoms with Crippen molar-refractivity contribution >= 4 is 27.6 Å². The van der Waals surface area contributed by atoms with Gasteiger partial charge >= 0.3 is 5.97 Å². The number of hydrogen-bond donors (Lipinski definition) is 1. The van der Waals surface area contributed by atoms with Crippen LogP contribution in [0.3, 0.4) is 0 Å². The molecule has 1 aromatic carbocycles. The van der Waals surface area contributed by atoms with Crippen molar-refractivity contribution in [1.29, 1.82) is 0 Å². The Morgan fingerprint density at radius 2 is 2.29 bits per heavy atom. The van der Waals surface area contributed by atoms with Crippen molar-refractivity contribution < 1.29 is 14.8 Å². The van der Waals surface area contributed by atoms with Gasteiger partial charge in [-0.2, -0.15) is 0 Å². The number of carboxylic acids is 1. The third-order valence-corrected chi connectivity index (χ3v) is 5.24. The fourth-order valence-corrected chi connectivity index (χ4v) is 3.85. The van der Waals surface area contributed by atoms with E-state index in [2.05, 4.69) is 22.9 Å². The highest BCUT2D eigenvalue weighted by molar-refractivity contribution is 9.10. The zero-order valence-electron chi connectivity index (χ0n) is 11.8. The lowest BCUT2D eigenvalue weighted by atomic mass is 9.67. The van der Waals surface area contributed by atoms with Crippen molar-refractivity contribution in [3.8, 4) is 0 Å². The molecule has 0 aliphatic heterocycles. The molecule has 1 N–H and O–H groups in total. The van der Waals surface area contributed by atoms with Crippen LogP contribution in [0.15, 0.2) is 22.7 Å². The summed E-state index contributed by atoms with van der Waals surface area (Å²) in [4.78, 5) is 22.3. The van der Waals surface area contributed by atoms with Crippen molar-refractivity contribution in [2.24, 2.45) is 11.3 Å². The number of aliphatic carboxylic acids is 1. The Bertz CT molecular complexity index is 575. The van der Waals surface area contributed by atoms with Crippen molar-refractivity contribution in [3.63, 3.8) is 0 Å². The second-order valence-electron chi connectivity index (χ2n) is 5.97. The van der Waals surface area contributed by atoms with E-state index >= 15 is 0 Å². The Morgan fingerprint density at radius 1 is 1.57 bits per heavy atom. The molecule has 21 heavy (non-hydrogen) atoms. The lowest BCUT2D eigenvalue weighted by Gasteiger charge is -2.36. The van der Waals surface area contributed by atoms with Crippen LogP contribution in [0.4, 0.5) is 5.69 Å². The van der Waals surface area contributed by atoms with Gasteiger partial charge in [0, 0.05) is 6.07 Å². The molecule has 0 aromatic heterocycles. The number of nitro benzene ring substituents is 1. The van der Waals surface area contributed by atoms with Gasteiger partial charge in [0.1, 0.15) is 0 Å². The molecule has 0 saturated heterocycles. The Kier molecular flexibility index (Phi) is 4.66. The highest BCUT2D eigenvalue weighted by Crippen LogP contribution is 2.44. The van der Waals surface area contributed by atoms with Crippen molar-refractivity contribution in [2.45, 2.75) is 39.0 Å². The molecule has 0 heterocycles. The van der Waals surface area contributed by atoms with E-state index in [4.69, 9.17) is 0 Å². The van der Waals surface area contributed by atoms with Gasteiger partial charge in [-0.25, -0.2) is 0 Å². The van der Waals surface area contributed by atoms with Gasteiger partial charge in [-0.05, 0) is 46.7 Å². The number of carboxylic acid groups (broad SMARTS) is 1. The highest BCUT2D eigenvalue weighted by Gasteiger charge is 2.42. The van der Waals surface area contributed by atoms with E-state index in [9.17, 15) is 20.0 Å². The Balaban J connectivity index is 2.36. The number of benzene rings is 1. The van der Waals surface area contributed by atoms with E-state index in [0.717, 1.165) is 12.8 Å². The summed E-state index contributed by atoms with van der Waals surface area (Å²) < 4.78 is 0.397. The van der Waals surface area contributed by atoms with Crippen LogP contribution < -0.4 is 0 Å². The number of carbonyl (C=O) groups is 1. The first-order valence-electron chi connectivity index (χ1n) is 7.01. The summed E-state index contributed by atoms with van der Waals surface area (Å²) in [5, 5.41) is 20.7. The zero-order valence-corrected chi connectivity index (χ0v) is 13.4. The average molecular weight is 356 g/mol. The van der Waals surface area contributed by atoms with Crippen LogP contribution >= 0.6 is 15.9 Å². The molecule has 2 unspecified atom stereocenters. The SMILES string of the molecule is CC1CCCC(Cc2cccc([N+](=O)[O-])c2Br)(C(=O)O)C1. The van der Waals surface area contributed by atoms with Gasteiger partial charge in [0.2, 0.25) is 0 Å². The van der Waals surface area contributed by atoms with Crippen LogP contribution in [0.5, 0.6) is 0 Å². The second-order valence-corrected chi connectivity index (χ2v) is 6.76. The molecule has 0 bridgehead atoms. The van der Waals surface area contributed by atoms with Crippen LogP contribution in [-0.2, 0) is 11.2 Å². The van der Waals surface area contributed by atoms with Gasteiger partial charge in [-0.15, -0.1) is 0 Å². The van der Waals surface area contributed by atoms with Crippen LogP contribution in [0, 0.1) is 21.4 Å². The fraction of sp³-hybridized carbons (Fsp3) is 0.533. The minimum Gasteiger partial charge on any atom is -0.481 e. The molecule has 0 amide bonds. The summed E-state index contributed by atoms with van der Waals surface area (Å²) >= 11 is 3.26. The molecule has 0 spiro atoms. The maximum absolute atomic E-state index is 11.8. The van der Waals surface area contributed by atoms with Crippen molar-refractivity contribution in [3.05, 3.63) is 38.3 Å². The topological polar surface area (TPSA) is 80.4 Å². The Hall–Kier alpha value is -1.43. The van der Waals surface area contributed by atoms with Crippen molar-refractivity contribution in [2.75, 3.05) is 0 Å². The molecule has 1 saturated carbocycles. The average Bonchev–Trinajstić information content (AvgIpc) is 2.40. The van der Waals surface area contributed by atoms with Gasteiger partial charge < -0.3 is 5.11 Å².